The first-order chi connectivity index (χ1) is 13.5. The molecule has 9 nitrogen and oxygen atoms in total. The van der Waals surface area contributed by atoms with E-state index >= 15 is 0 Å². The van der Waals surface area contributed by atoms with E-state index in [9.17, 15) is 14.0 Å². The topological polar surface area (TPSA) is 94.9 Å². The third-order valence-electron chi connectivity index (χ3n) is 4.25. The minimum atomic E-state index is -0.424. The summed E-state index contributed by atoms with van der Waals surface area (Å²) >= 11 is 0. The van der Waals surface area contributed by atoms with E-state index in [1.54, 1.807) is 47.0 Å². The van der Waals surface area contributed by atoms with E-state index < -0.39 is 5.82 Å². The summed E-state index contributed by atoms with van der Waals surface area (Å²) in [5, 5.41) is 9.63. The molecule has 2 N–H and O–H groups in total. The molecule has 2 heterocycles. The molecule has 29 heavy (non-hydrogen) atoms. The molecule has 1 fully saturated rings. The van der Waals surface area contributed by atoms with E-state index in [1.807, 2.05) is 0 Å². The Bertz CT molecular complexity index is 902. The summed E-state index contributed by atoms with van der Waals surface area (Å²) in [6.45, 7) is 1.13. The van der Waals surface area contributed by atoms with E-state index in [-0.39, 0.29) is 48.9 Å². The first-order valence-corrected chi connectivity index (χ1v) is 8.76. The lowest BCUT2D eigenvalue weighted by Gasteiger charge is -2.35. The van der Waals surface area contributed by atoms with Gasteiger partial charge in [0.25, 0.3) is 0 Å². The Labute approximate surface area is 185 Å². The molecule has 0 spiro atoms. The van der Waals surface area contributed by atoms with Gasteiger partial charge in [-0.3, -0.25) is 19.3 Å². The summed E-state index contributed by atoms with van der Waals surface area (Å²) < 4.78 is 14.8. The number of nitrogens with one attached hydrogen (secondary N) is 2. The molecule has 2 amide bonds. The molecule has 11 heteroatoms. The SMILES string of the molecule is CN=C(NCC(=O)Nc1cccc(F)c1)N1CCN(c2cnn(C)c2)C(=O)C1.I. The minimum absolute atomic E-state index is 0. The fourth-order valence-electron chi connectivity index (χ4n) is 2.94. The van der Waals surface area contributed by atoms with E-state index in [0.29, 0.717) is 24.7 Å². The molecule has 0 aliphatic carbocycles. The third-order valence-corrected chi connectivity index (χ3v) is 4.25. The number of carbonyl (C=O) groups excluding carboxylic acids is 2. The van der Waals surface area contributed by atoms with Gasteiger partial charge >= 0.3 is 0 Å². The lowest BCUT2D eigenvalue weighted by Crippen LogP contribution is -2.56. The molecule has 2 aromatic rings. The number of aliphatic imine (C=N–C) groups is 1. The largest absolute Gasteiger partial charge is 0.347 e. The molecule has 1 aromatic carbocycles. The van der Waals surface area contributed by atoms with Crippen molar-refractivity contribution in [3.8, 4) is 0 Å². The van der Waals surface area contributed by atoms with Gasteiger partial charge in [0.15, 0.2) is 5.96 Å². The molecule has 0 saturated carbocycles. The first-order valence-electron chi connectivity index (χ1n) is 8.76. The van der Waals surface area contributed by atoms with Gasteiger partial charge in [0.2, 0.25) is 11.8 Å². The number of carbonyl (C=O) groups is 2. The van der Waals surface area contributed by atoms with Gasteiger partial charge in [-0.05, 0) is 18.2 Å². The number of amides is 2. The maximum absolute atomic E-state index is 13.2. The molecule has 156 valence electrons. The maximum atomic E-state index is 13.2. The molecule has 3 rings (SSSR count). The highest BCUT2D eigenvalue weighted by molar-refractivity contribution is 14.0. The monoisotopic (exact) mass is 515 g/mol. The highest BCUT2D eigenvalue weighted by atomic mass is 127. The lowest BCUT2D eigenvalue weighted by molar-refractivity contribution is -0.120. The molecule has 0 bridgehead atoms. The van der Waals surface area contributed by atoms with Crippen LogP contribution in [-0.4, -0.2) is 65.7 Å². The Morgan fingerprint density at radius 2 is 2.14 bits per heavy atom. The summed E-state index contributed by atoms with van der Waals surface area (Å²) in [6, 6.07) is 5.66. The van der Waals surface area contributed by atoms with Crippen LogP contribution in [0.3, 0.4) is 0 Å². The second-order valence-corrected chi connectivity index (χ2v) is 6.30. The predicted molar refractivity (Wildman–Crippen MR) is 119 cm³/mol. The van der Waals surface area contributed by atoms with Crippen LogP contribution in [0.4, 0.5) is 15.8 Å². The Kier molecular flexibility index (Phi) is 7.93. The molecule has 0 radical (unpaired) electrons. The van der Waals surface area contributed by atoms with Gasteiger partial charge in [0.1, 0.15) is 12.4 Å². The van der Waals surface area contributed by atoms with Crippen molar-refractivity contribution in [1.29, 1.82) is 0 Å². The van der Waals surface area contributed by atoms with Gasteiger partial charge in [0, 0.05) is 39.1 Å². The van der Waals surface area contributed by atoms with Gasteiger partial charge in [0.05, 0.1) is 18.4 Å². The zero-order valence-corrected chi connectivity index (χ0v) is 18.5. The Morgan fingerprint density at radius 1 is 1.34 bits per heavy atom. The Balaban J connectivity index is 0.00000300. The molecule has 0 atom stereocenters. The van der Waals surface area contributed by atoms with Gasteiger partial charge in [-0.15, -0.1) is 24.0 Å². The van der Waals surface area contributed by atoms with Crippen molar-refractivity contribution in [3.63, 3.8) is 0 Å². The predicted octanol–water partition coefficient (Wildman–Crippen LogP) is 1.04. The second kappa shape index (κ2) is 10.2. The van der Waals surface area contributed by atoms with Crippen LogP contribution < -0.4 is 15.5 Å². The van der Waals surface area contributed by atoms with Crippen molar-refractivity contribution < 1.29 is 14.0 Å². The van der Waals surface area contributed by atoms with Gasteiger partial charge < -0.3 is 20.4 Å². The summed E-state index contributed by atoms with van der Waals surface area (Å²) in [6.07, 6.45) is 3.44. The number of aromatic nitrogens is 2. The Hall–Kier alpha value is -2.70. The van der Waals surface area contributed by atoms with E-state index in [4.69, 9.17) is 0 Å². The van der Waals surface area contributed by atoms with Crippen LogP contribution in [0.25, 0.3) is 0 Å². The van der Waals surface area contributed by atoms with Crippen LogP contribution in [-0.2, 0) is 16.6 Å². The number of piperazine rings is 1. The van der Waals surface area contributed by atoms with Crippen LogP contribution in [0, 0.1) is 5.82 Å². The van der Waals surface area contributed by atoms with Gasteiger partial charge in [-0.2, -0.15) is 5.10 Å². The van der Waals surface area contributed by atoms with Gasteiger partial charge in [-0.1, -0.05) is 6.07 Å². The number of hydrogen-bond acceptors (Lipinski definition) is 4. The second-order valence-electron chi connectivity index (χ2n) is 6.30. The number of guanidine groups is 1. The van der Waals surface area contributed by atoms with Crippen molar-refractivity contribution in [2.75, 3.05) is 43.4 Å². The number of hydrogen-bond donors (Lipinski definition) is 2. The highest BCUT2D eigenvalue weighted by Gasteiger charge is 2.27. The number of aryl methyl sites for hydroxylation is 1. The molecule has 1 aliphatic heterocycles. The smallest absolute Gasteiger partial charge is 0.246 e. The summed E-state index contributed by atoms with van der Waals surface area (Å²) in [4.78, 5) is 32.2. The lowest BCUT2D eigenvalue weighted by atomic mass is 10.3. The van der Waals surface area contributed by atoms with Crippen LogP contribution in [0.5, 0.6) is 0 Å². The fraction of sp³-hybridized carbons (Fsp3) is 0.333. The van der Waals surface area contributed by atoms with Crippen LogP contribution in [0.2, 0.25) is 0 Å². The summed E-state index contributed by atoms with van der Waals surface area (Å²) in [5.74, 6) is -0.390. The summed E-state index contributed by atoms with van der Waals surface area (Å²) in [5.41, 5.74) is 1.13. The van der Waals surface area contributed by atoms with E-state index in [0.717, 1.165) is 5.69 Å². The molecule has 1 saturated heterocycles. The van der Waals surface area contributed by atoms with E-state index in [2.05, 4.69) is 20.7 Å². The van der Waals surface area contributed by atoms with Crippen molar-refractivity contribution in [1.82, 2.24) is 20.0 Å². The van der Waals surface area contributed by atoms with Crippen molar-refractivity contribution in [2.45, 2.75) is 0 Å². The number of benzene rings is 1. The molecule has 1 aromatic heterocycles. The number of halogens is 2. The average molecular weight is 515 g/mol. The zero-order valence-electron chi connectivity index (χ0n) is 16.1. The number of anilines is 2. The number of rotatable bonds is 4. The zero-order chi connectivity index (χ0) is 20.1. The highest BCUT2D eigenvalue weighted by Crippen LogP contribution is 2.16. The van der Waals surface area contributed by atoms with Crippen molar-refractivity contribution in [3.05, 3.63) is 42.5 Å². The molecular weight excluding hydrogens is 492 g/mol. The van der Waals surface area contributed by atoms with Crippen molar-refractivity contribution in [2.24, 2.45) is 12.0 Å². The van der Waals surface area contributed by atoms with E-state index in [1.165, 1.54) is 18.2 Å². The fourth-order valence-corrected chi connectivity index (χ4v) is 2.94. The summed E-state index contributed by atoms with van der Waals surface area (Å²) in [7, 11) is 3.38. The Morgan fingerprint density at radius 3 is 2.76 bits per heavy atom. The van der Waals surface area contributed by atoms with Crippen LogP contribution in [0.15, 0.2) is 41.7 Å². The third kappa shape index (κ3) is 5.89. The maximum Gasteiger partial charge on any atom is 0.246 e. The number of nitrogens with zero attached hydrogens (tertiary/aromatic N) is 5. The van der Waals surface area contributed by atoms with Crippen LogP contribution >= 0.6 is 24.0 Å². The van der Waals surface area contributed by atoms with Crippen molar-refractivity contribution >= 4 is 53.1 Å². The van der Waals surface area contributed by atoms with Crippen LogP contribution in [0.1, 0.15) is 0 Å². The minimum Gasteiger partial charge on any atom is -0.347 e. The molecule has 0 unspecified atom stereocenters. The first kappa shape index (κ1) is 22.6. The normalized spacial score (nSPS) is 14.4. The average Bonchev–Trinajstić information content (AvgIpc) is 3.08. The molecule has 1 aliphatic rings. The standard InChI is InChI=1S/C18H22FN7O2.HI/c1-20-18(21-10-16(27)23-14-5-3-4-13(19)8-14)25-6-7-26(17(28)12-25)15-9-22-24(2)11-15;/h3-5,8-9,11H,6-7,10,12H2,1-2H3,(H,20,21)(H,23,27);1H. The molecular formula is C18H23FIN7O2. The quantitative estimate of drug-likeness (QED) is 0.361. The van der Waals surface area contributed by atoms with Gasteiger partial charge in [-0.25, -0.2) is 4.39 Å².